The first-order valence-corrected chi connectivity index (χ1v) is 6.12. The van der Waals surface area contributed by atoms with E-state index >= 15 is 0 Å². The second-order valence-electron chi connectivity index (χ2n) is 4.78. The van der Waals surface area contributed by atoms with Gasteiger partial charge in [-0.3, -0.25) is 9.69 Å². The number of rotatable bonds is 4. The number of piperazine rings is 1. The van der Waals surface area contributed by atoms with Gasteiger partial charge in [0, 0.05) is 32.6 Å². The first kappa shape index (κ1) is 12.3. The SMILES string of the molecule is CC(=O)CC(c1ccco1)N1CCN(C)CC1. The van der Waals surface area contributed by atoms with Gasteiger partial charge < -0.3 is 9.32 Å². The summed E-state index contributed by atoms with van der Waals surface area (Å²) in [7, 11) is 2.13. The number of carbonyl (C=O) groups excluding carboxylic acids is 1. The van der Waals surface area contributed by atoms with E-state index in [-0.39, 0.29) is 11.8 Å². The summed E-state index contributed by atoms with van der Waals surface area (Å²) in [5.74, 6) is 1.12. The molecule has 1 atom stereocenters. The summed E-state index contributed by atoms with van der Waals surface area (Å²) in [5.41, 5.74) is 0. The highest BCUT2D eigenvalue weighted by Gasteiger charge is 2.26. The molecule has 0 saturated carbocycles. The standard InChI is InChI=1S/C13H20N2O2/c1-11(16)10-12(13-4-3-9-17-13)15-7-5-14(2)6-8-15/h3-4,9,12H,5-8,10H2,1-2H3. The fourth-order valence-electron chi connectivity index (χ4n) is 2.30. The quantitative estimate of drug-likeness (QED) is 0.794. The Balaban J connectivity index is 2.07. The van der Waals surface area contributed by atoms with Crippen molar-refractivity contribution in [3.63, 3.8) is 0 Å². The molecule has 2 heterocycles. The highest BCUT2D eigenvalue weighted by molar-refractivity contribution is 5.76. The van der Waals surface area contributed by atoms with Gasteiger partial charge in [0.15, 0.2) is 0 Å². The Morgan fingerprint density at radius 2 is 2.12 bits per heavy atom. The Kier molecular flexibility index (Phi) is 3.97. The van der Waals surface area contributed by atoms with Crippen molar-refractivity contribution >= 4 is 5.78 Å². The van der Waals surface area contributed by atoms with Crippen LogP contribution in [0.25, 0.3) is 0 Å². The van der Waals surface area contributed by atoms with Gasteiger partial charge in [-0.15, -0.1) is 0 Å². The van der Waals surface area contributed by atoms with Crippen LogP contribution in [0, 0.1) is 0 Å². The molecule has 1 aliphatic rings. The van der Waals surface area contributed by atoms with Crippen LogP contribution in [0.2, 0.25) is 0 Å². The zero-order valence-corrected chi connectivity index (χ0v) is 10.6. The maximum atomic E-state index is 11.4. The Hall–Kier alpha value is -1.13. The van der Waals surface area contributed by atoms with Crippen molar-refractivity contribution in [2.24, 2.45) is 0 Å². The molecule has 17 heavy (non-hydrogen) atoms. The molecule has 94 valence electrons. The molecule has 0 amide bonds. The number of likely N-dealkylation sites (N-methyl/N-ethyl adjacent to an activating group) is 1. The fourth-order valence-corrected chi connectivity index (χ4v) is 2.30. The van der Waals surface area contributed by atoms with Gasteiger partial charge >= 0.3 is 0 Å². The summed E-state index contributed by atoms with van der Waals surface area (Å²) in [4.78, 5) is 16.0. The third-order valence-electron chi connectivity index (χ3n) is 3.33. The summed E-state index contributed by atoms with van der Waals surface area (Å²) in [6, 6.07) is 3.96. The zero-order chi connectivity index (χ0) is 12.3. The second-order valence-corrected chi connectivity index (χ2v) is 4.78. The van der Waals surface area contributed by atoms with E-state index in [0.717, 1.165) is 31.9 Å². The molecule has 0 aliphatic carbocycles. The van der Waals surface area contributed by atoms with Gasteiger partial charge in [0.1, 0.15) is 11.5 Å². The maximum Gasteiger partial charge on any atom is 0.131 e. The minimum atomic E-state index is 0.108. The number of furan rings is 1. The lowest BCUT2D eigenvalue weighted by molar-refractivity contribution is -0.118. The second kappa shape index (κ2) is 5.47. The summed E-state index contributed by atoms with van der Waals surface area (Å²) >= 11 is 0. The summed E-state index contributed by atoms with van der Waals surface area (Å²) in [6.07, 6.45) is 2.22. The van der Waals surface area contributed by atoms with Gasteiger partial charge in [-0.05, 0) is 26.1 Å². The van der Waals surface area contributed by atoms with Crippen LogP contribution in [-0.2, 0) is 4.79 Å². The summed E-state index contributed by atoms with van der Waals surface area (Å²) in [5, 5.41) is 0. The molecule has 1 aromatic rings. The van der Waals surface area contributed by atoms with Crippen LogP contribution >= 0.6 is 0 Å². The molecule has 1 unspecified atom stereocenters. The highest BCUT2D eigenvalue weighted by Crippen LogP contribution is 2.26. The van der Waals surface area contributed by atoms with E-state index < -0.39 is 0 Å². The van der Waals surface area contributed by atoms with E-state index in [0.29, 0.717) is 6.42 Å². The molecular formula is C13H20N2O2. The molecule has 1 fully saturated rings. The summed E-state index contributed by atoms with van der Waals surface area (Å²) < 4.78 is 5.47. The van der Waals surface area contributed by atoms with E-state index in [4.69, 9.17) is 4.42 Å². The normalized spacial score (nSPS) is 20.4. The van der Waals surface area contributed by atoms with Gasteiger partial charge in [-0.1, -0.05) is 0 Å². The van der Waals surface area contributed by atoms with Crippen molar-refractivity contribution in [3.8, 4) is 0 Å². The largest absolute Gasteiger partial charge is 0.468 e. The first-order valence-electron chi connectivity index (χ1n) is 6.12. The van der Waals surface area contributed by atoms with Crippen molar-refractivity contribution in [1.82, 2.24) is 9.80 Å². The Morgan fingerprint density at radius 3 is 2.65 bits per heavy atom. The van der Waals surface area contributed by atoms with Crippen LogP contribution < -0.4 is 0 Å². The maximum absolute atomic E-state index is 11.4. The minimum absolute atomic E-state index is 0.108. The molecule has 0 aromatic carbocycles. The van der Waals surface area contributed by atoms with Gasteiger partial charge in [0.25, 0.3) is 0 Å². The molecule has 0 spiro atoms. The van der Waals surface area contributed by atoms with Crippen LogP contribution in [0.15, 0.2) is 22.8 Å². The van der Waals surface area contributed by atoms with Gasteiger partial charge in [-0.2, -0.15) is 0 Å². The monoisotopic (exact) mass is 236 g/mol. The van der Waals surface area contributed by atoms with E-state index in [1.54, 1.807) is 13.2 Å². The third kappa shape index (κ3) is 3.17. The van der Waals surface area contributed by atoms with E-state index in [2.05, 4.69) is 16.8 Å². The van der Waals surface area contributed by atoms with Gasteiger partial charge in [0.2, 0.25) is 0 Å². The molecule has 0 radical (unpaired) electrons. The Morgan fingerprint density at radius 1 is 1.41 bits per heavy atom. The van der Waals surface area contributed by atoms with E-state index in [1.807, 2.05) is 12.1 Å². The van der Waals surface area contributed by atoms with Gasteiger partial charge in [0.05, 0.1) is 12.3 Å². The van der Waals surface area contributed by atoms with Crippen LogP contribution in [0.1, 0.15) is 25.1 Å². The Labute approximate surface area is 102 Å². The molecule has 4 nitrogen and oxygen atoms in total. The average molecular weight is 236 g/mol. The lowest BCUT2D eigenvalue weighted by Gasteiger charge is -2.36. The van der Waals surface area contributed by atoms with Crippen LogP contribution in [0.4, 0.5) is 0 Å². The molecule has 1 aliphatic heterocycles. The lowest BCUT2D eigenvalue weighted by Crippen LogP contribution is -2.46. The minimum Gasteiger partial charge on any atom is -0.468 e. The molecular weight excluding hydrogens is 216 g/mol. The number of ketones is 1. The zero-order valence-electron chi connectivity index (χ0n) is 10.6. The predicted octanol–water partition coefficient (Wildman–Crippen LogP) is 1.55. The number of nitrogens with zero attached hydrogens (tertiary/aromatic N) is 2. The van der Waals surface area contributed by atoms with Crippen molar-refractivity contribution in [2.45, 2.75) is 19.4 Å². The first-order chi connectivity index (χ1) is 8.16. The molecule has 1 aromatic heterocycles. The Bertz CT molecular complexity index is 354. The number of hydrogen-bond donors (Lipinski definition) is 0. The lowest BCUT2D eigenvalue weighted by atomic mass is 10.1. The smallest absolute Gasteiger partial charge is 0.131 e. The number of carbonyl (C=O) groups is 1. The van der Waals surface area contributed by atoms with Crippen molar-refractivity contribution < 1.29 is 9.21 Å². The highest BCUT2D eigenvalue weighted by atomic mass is 16.3. The van der Waals surface area contributed by atoms with Crippen molar-refractivity contribution in [3.05, 3.63) is 24.2 Å². The molecule has 4 heteroatoms. The predicted molar refractivity (Wildman–Crippen MR) is 65.8 cm³/mol. The third-order valence-corrected chi connectivity index (χ3v) is 3.33. The fraction of sp³-hybridized carbons (Fsp3) is 0.615. The van der Waals surface area contributed by atoms with Crippen molar-refractivity contribution in [2.75, 3.05) is 33.2 Å². The number of Topliss-reactive ketones (excluding diaryl/α,β-unsaturated/α-hetero) is 1. The summed E-state index contributed by atoms with van der Waals surface area (Å²) in [6.45, 7) is 5.74. The van der Waals surface area contributed by atoms with Crippen LogP contribution in [-0.4, -0.2) is 48.8 Å². The van der Waals surface area contributed by atoms with E-state index in [9.17, 15) is 4.79 Å². The molecule has 1 saturated heterocycles. The molecule has 2 rings (SSSR count). The van der Waals surface area contributed by atoms with Crippen molar-refractivity contribution in [1.29, 1.82) is 0 Å². The average Bonchev–Trinajstić information content (AvgIpc) is 2.80. The molecule has 0 N–H and O–H groups in total. The van der Waals surface area contributed by atoms with Crippen LogP contribution in [0.5, 0.6) is 0 Å². The molecule has 0 bridgehead atoms. The number of hydrogen-bond acceptors (Lipinski definition) is 4. The van der Waals surface area contributed by atoms with Crippen LogP contribution in [0.3, 0.4) is 0 Å². The van der Waals surface area contributed by atoms with E-state index in [1.165, 1.54) is 0 Å². The topological polar surface area (TPSA) is 36.7 Å². The van der Waals surface area contributed by atoms with Gasteiger partial charge in [-0.25, -0.2) is 0 Å².